The summed E-state index contributed by atoms with van der Waals surface area (Å²) >= 11 is 0. The zero-order chi connectivity index (χ0) is 65.7. The van der Waals surface area contributed by atoms with Gasteiger partial charge in [0.15, 0.2) is 0 Å². The third kappa shape index (κ3) is 8.99. The van der Waals surface area contributed by atoms with Crippen molar-refractivity contribution in [2.75, 3.05) is 9.80 Å². The number of para-hydroxylation sites is 3. The first-order chi connectivity index (χ1) is 43.4. The summed E-state index contributed by atoms with van der Waals surface area (Å²) in [5.74, 6) is 0.530. The van der Waals surface area contributed by atoms with E-state index in [1.54, 1.807) is 41.0 Å². The fourth-order valence-electron chi connectivity index (χ4n) is 10.2. The molecule has 6 nitrogen and oxygen atoms in total. The number of hydrogen-bond acceptors (Lipinski definition) is 4. The second kappa shape index (κ2) is 19.4. The average molecular weight is 1200 g/mol. The molecular formula is C70H58N5OPt-3. The number of rotatable bonds is 9. The van der Waals surface area contributed by atoms with Gasteiger partial charge in [-0.05, 0) is 98.9 Å². The van der Waals surface area contributed by atoms with Crippen LogP contribution in [0, 0.1) is 25.7 Å². The van der Waals surface area contributed by atoms with E-state index < -0.39 is 85.4 Å². The molecule has 0 unspecified atom stereocenters. The van der Waals surface area contributed by atoms with Crippen LogP contribution in [-0.2, 0) is 38.4 Å². The number of aryl methyl sites for hydroxylation is 1. The minimum Gasteiger partial charge on any atom is -0.509 e. The number of aromatic nitrogens is 3. The molecule has 0 aliphatic carbocycles. The Kier molecular flexibility index (Phi) is 8.70. The van der Waals surface area contributed by atoms with Gasteiger partial charge < -0.3 is 23.7 Å². The van der Waals surface area contributed by atoms with Gasteiger partial charge in [0.2, 0.25) is 0 Å². The summed E-state index contributed by atoms with van der Waals surface area (Å²) in [4.78, 5) is 9.13. The van der Waals surface area contributed by atoms with Crippen LogP contribution in [0.5, 0.6) is 11.5 Å². The van der Waals surface area contributed by atoms with Gasteiger partial charge in [0.25, 0.3) is 0 Å². The van der Waals surface area contributed by atoms with Crippen LogP contribution in [0.25, 0.3) is 77.4 Å². The van der Waals surface area contributed by atoms with E-state index in [2.05, 4.69) is 113 Å². The van der Waals surface area contributed by atoms with Crippen LogP contribution in [0.1, 0.15) is 85.7 Å². The Hall–Kier alpha value is -8.18. The zero-order valence-electron chi connectivity index (χ0n) is 58.9. The average Bonchev–Trinajstić information content (AvgIpc) is 1.56. The maximum absolute atomic E-state index is 9.20. The van der Waals surface area contributed by atoms with Crippen molar-refractivity contribution in [1.29, 1.82) is 0 Å². The Labute approximate surface area is 488 Å². The topological polar surface area (TPSA) is 38.5 Å². The van der Waals surface area contributed by atoms with Crippen LogP contribution in [0.3, 0.4) is 0 Å². The third-order valence-electron chi connectivity index (χ3n) is 14.0. The number of fused-ring (bicyclic) bond motifs is 7. The summed E-state index contributed by atoms with van der Waals surface area (Å²) in [6.45, 7) is 13.1. The summed E-state index contributed by atoms with van der Waals surface area (Å²) < 4.78 is 150. The van der Waals surface area contributed by atoms with Crippen LogP contribution in [-0.4, -0.2) is 14.1 Å². The van der Waals surface area contributed by atoms with Crippen LogP contribution in [0.4, 0.5) is 17.1 Å². The van der Waals surface area contributed by atoms with Gasteiger partial charge >= 0.3 is 0 Å². The molecule has 0 N–H and O–H groups in total. The molecule has 3 aromatic heterocycles. The fraction of sp³-hybridized carbons (Fsp3) is 0.143. The monoisotopic (exact) mass is 1200 g/mol. The van der Waals surface area contributed by atoms with Gasteiger partial charge in [-0.1, -0.05) is 174 Å². The standard InChI is InChI=1S/C70H58N5O.Pt/c1-46-36-67(71-43-61(46)49-22-12-9-13-23-49)75-64-35-32-53(74-62-29-16-14-26-57(62)58-27-15-17-30-63(58)74)41-60(64)59-34-33-55(42-66(59)75)76-54-25-18-24-52(40-54)73-45-72(68-56(28-19-31-65(68)73)48-20-10-8-11-21-48)44-47-37-50(69(2,3)4)39-51(38-47)70(5,6)7;/h8-39,41,43,45H,44H2,1-7H3;/q-3;/i1D3,9D,12D,13D,14D,15D,16D,17D,22D,23D,26D,27D,29D,30D;. The van der Waals surface area contributed by atoms with Crippen molar-refractivity contribution in [3.8, 4) is 45.3 Å². The van der Waals surface area contributed by atoms with E-state index in [-0.39, 0.29) is 87.6 Å². The van der Waals surface area contributed by atoms with Crippen molar-refractivity contribution in [3.63, 3.8) is 0 Å². The third-order valence-corrected chi connectivity index (χ3v) is 14.0. The van der Waals surface area contributed by atoms with Crippen LogP contribution in [0.2, 0.25) is 0 Å². The van der Waals surface area contributed by atoms with E-state index in [1.807, 2.05) is 36.4 Å². The van der Waals surface area contributed by atoms with E-state index in [0.29, 0.717) is 39.8 Å². The molecule has 13 rings (SSSR count). The summed E-state index contributed by atoms with van der Waals surface area (Å²) in [5.41, 5.74) is 7.97. The maximum Gasteiger partial charge on any atom is 0.135 e. The first-order valence-corrected chi connectivity index (χ1v) is 25.0. The molecule has 1 aliphatic rings. The number of ether oxygens (including phenoxy) is 1. The van der Waals surface area contributed by atoms with Crippen molar-refractivity contribution < 1.29 is 47.7 Å². The van der Waals surface area contributed by atoms with Gasteiger partial charge in [0, 0.05) is 93.9 Å². The molecule has 12 aromatic rings. The van der Waals surface area contributed by atoms with E-state index >= 15 is 0 Å². The van der Waals surface area contributed by atoms with Crippen molar-refractivity contribution in [3.05, 3.63) is 247 Å². The smallest absolute Gasteiger partial charge is 0.135 e. The molecule has 0 bridgehead atoms. The van der Waals surface area contributed by atoms with Crippen LogP contribution < -0.4 is 14.5 Å². The molecule has 1 aliphatic heterocycles. The van der Waals surface area contributed by atoms with Gasteiger partial charge in [-0.25, -0.2) is 4.98 Å². The van der Waals surface area contributed by atoms with E-state index in [4.69, 9.17) is 28.9 Å². The van der Waals surface area contributed by atoms with E-state index in [9.17, 15) is 2.74 Å². The first kappa shape index (κ1) is 34.5. The van der Waals surface area contributed by atoms with Gasteiger partial charge in [0.05, 0.1) is 28.9 Å². The molecule has 7 heteroatoms. The molecule has 0 radical (unpaired) electrons. The molecule has 0 saturated heterocycles. The molecule has 0 amide bonds. The fourth-order valence-corrected chi connectivity index (χ4v) is 10.2. The predicted molar refractivity (Wildman–Crippen MR) is 316 cm³/mol. The van der Waals surface area contributed by atoms with Crippen molar-refractivity contribution >= 4 is 60.7 Å². The second-order valence-corrected chi connectivity index (χ2v) is 21.1. The molecule has 382 valence electrons. The summed E-state index contributed by atoms with van der Waals surface area (Å²) in [6, 6.07) is 38.2. The maximum atomic E-state index is 9.20. The summed E-state index contributed by atoms with van der Waals surface area (Å²) in [6.07, 6.45) is 1.17. The van der Waals surface area contributed by atoms with Crippen molar-refractivity contribution in [2.45, 2.75) is 65.8 Å². The van der Waals surface area contributed by atoms with E-state index in [0.717, 1.165) is 28.1 Å². The molecule has 4 heterocycles. The van der Waals surface area contributed by atoms with Crippen LogP contribution in [0.15, 0.2) is 206 Å². The molecule has 0 saturated carbocycles. The van der Waals surface area contributed by atoms with Crippen molar-refractivity contribution in [2.24, 2.45) is 0 Å². The summed E-state index contributed by atoms with van der Waals surface area (Å²) in [5, 5.41) is 0.744. The largest absolute Gasteiger partial charge is 0.509 e. The molecular weight excluding hydrogens is 1120 g/mol. The number of nitrogens with zero attached hydrogens (tertiary/aromatic N) is 5. The van der Waals surface area contributed by atoms with Crippen molar-refractivity contribution in [1.82, 2.24) is 14.1 Å². The predicted octanol–water partition coefficient (Wildman–Crippen LogP) is 18.2. The van der Waals surface area contributed by atoms with Gasteiger partial charge in [-0.2, -0.15) is 18.8 Å². The normalized spacial score (nSPS) is 15.8. The second-order valence-electron chi connectivity index (χ2n) is 21.1. The molecule has 77 heavy (non-hydrogen) atoms. The summed E-state index contributed by atoms with van der Waals surface area (Å²) in [7, 11) is 0. The molecule has 0 spiro atoms. The number of hydrogen-bond donors (Lipinski definition) is 0. The first-order valence-electron chi connectivity index (χ1n) is 33.0. The van der Waals surface area contributed by atoms with E-state index in [1.165, 1.54) is 28.0 Å². The SMILES string of the molecule is [2H]c1c([2H])c([2H])c(-c2cnc(-n3c4[c-]c(Oc5[c-]c(N6[CH-]N(Cc7cc(C(C)(C)C)cc(C(C)(C)C)c7)c7c(-c8ccccc8)cccc76)ccc5)ccc4c4cc(-n5c6c([2H])c([2H])c([2H])c([2H])c6c6c([2H])c([2H])c([2H])c([2H])c65)ccc43)cc2C([2H])([2H])[2H])c([2H])c1[2H].[Pt]. The Morgan fingerprint density at radius 1 is 0.584 bits per heavy atom. The van der Waals surface area contributed by atoms with Gasteiger partial charge in [-0.15, -0.1) is 41.4 Å². The Morgan fingerprint density at radius 2 is 1.27 bits per heavy atom. The quantitative estimate of drug-likeness (QED) is 0.135. The van der Waals surface area contributed by atoms with Gasteiger partial charge in [0.1, 0.15) is 5.82 Å². The Balaban J connectivity index is 0.00000832. The molecule has 9 aromatic carbocycles. The Bertz CT molecular complexity index is 4970. The Morgan fingerprint density at radius 3 is 1.99 bits per heavy atom. The minimum absolute atomic E-state index is 0. The number of anilines is 3. The van der Waals surface area contributed by atoms with Gasteiger partial charge in [-0.3, -0.25) is 0 Å². The zero-order valence-corrected chi connectivity index (χ0v) is 45.1. The minimum atomic E-state index is -2.93. The number of benzene rings is 9. The molecule has 0 atom stereocenters. The van der Waals surface area contributed by atoms with Crippen LogP contribution >= 0.6 is 0 Å². The number of pyridine rings is 1. The molecule has 0 fully saturated rings.